The van der Waals surface area contributed by atoms with Gasteiger partial charge in [0.2, 0.25) is 0 Å². The minimum atomic E-state index is 0.464. The summed E-state index contributed by atoms with van der Waals surface area (Å²) in [5, 5.41) is 13.2. The van der Waals surface area contributed by atoms with Gasteiger partial charge in [-0.2, -0.15) is 9.61 Å². The highest BCUT2D eigenvalue weighted by Crippen LogP contribution is 2.23. The molecule has 0 saturated carbocycles. The van der Waals surface area contributed by atoms with Crippen LogP contribution in [0.2, 0.25) is 5.15 Å². The molecule has 0 aliphatic rings. The summed E-state index contributed by atoms with van der Waals surface area (Å²) in [5.41, 5.74) is 4.45. The van der Waals surface area contributed by atoms with Gasteiger partial charge in [0.05, 0.1) is 0 Å². The number of aromatic nitrogens is 5. The molecule has 3 aromatic rings. The van der Waals surface area contributed by atoms with Gasteiger partial charge in [0.1, 0.15) is 0 Å². The molecule has 0 aliphatic carbocycles. The number of nitrogens with zero attached hydrogens (tertiary/aromatic N) is 5. The van der Waals surface area contributed by atoms with Crippen LogP contribution in [-0.2, 0) is 0 Å². The van der Waals surface area contributed by atoms with E-state index in [4.69, 9.17) is 11.6 Å². The molecule has 0 aromatic carbocycles. The van der Waals surface area contributed by atoms with E-state index in [0.717, 1.165) is 28.0 Å². The van der Waals surface area contributed by atoms with Gasteiger partial charge in [-0.05, 0) is 38.5 Å². The minimum absolute atomic E-state index is 0.464. The van der Waals surface area contributed by atoms with Crippen molar-refractivity contribution in [1.29, 1.82) is 0 Å². The standard InChI is InChI=1S/C13H12ClN5/c1-7-4-5-10(6-15-7)13-17-16-12-9(3)8(2)11(14)18-19(12)13/h4-6H,1-3H3. The predicted molar refractivity (Wildman–Crippen MR) is 73.2 cm³/mol. The van der Waals surface area contributed by atoms with Crippen LogP contribution >= 0.6 is 11.6 Å². The summed E-state index contributed by atoms with van der Waals surface area (Å²) in [6.45, 7) is 5.82. The fourth-order valence-electron chi connectivity index (χ4n) is 1.87. The number of halogens is 1. The van der Waals surface area contributed by atoms with E-state index in [1.165, 1.54) is 0 Å². The van der Waals surface area contributed by atoms with Gasteiger partial charge in [0.15, 0.2) is 16.6 Å². The van der Waals surface area contributed by atoms with Crippen molar-refractivity contribution in [2.75, 3.05) is 0 Å². The Hall–Kier alpha value is -2.01. The molecule has 0 aliphatic heterocycles. The van der Waals surface area contributed by atoms with Crippen molar-refractivity contribution in [3.05, 3.63) is 40.3 Å². The molecule has 6 heteroatoms. The van der Waals surface area contributed by atoms with Gasteiger partial charge in [-0.1, -0.05) is 11.6 Å². The Morgan fingerprint density at radius 1 is 1.05 bits per heavy atom. The first-order chi connectivity index (χ1) is 9.08. The molecular weight excluding hydrogens is 262 g/mol. The van der Waals surface area contributed by atoms with E-state index >= 15 is 0 Å². The zero-order valence-electron chi connectivity index (χ0n) is 10.8. The molecule has 96 valence electrons. The molecule has 0 fully saturated rings. The van der Waals surface area contributed by atoms with E-state index in [0.29, 0.717) is 11.0 Å². The maximum absolute atomic E-state index is 6.13. The molecule has 0 amide bonds. The fraction of sp³-hybridized carbons (Fsp3) is 0.231. The topological polar surface area (TPSA) is 56.0 Å². The van der Waals surface area contributed by atoms with Gasteiger partial charge >= 0.3 is 0 Å². The molecular formula is C13H12ClN5. The van der Waals surface area contributed by atoms with Gasteiger partial charge < -0.3 is 0 Å². The second-order valence-corrected chi connectivity index (χ2v) is 4.85. The lowest BCUT2D eigenvalue weighted by Crippen LogP contribution is -2.00. The predicted octanol–water partition coefficient (Wildman–Crippen LogP) is 2.76. The SMILES string of the molecule is Cc1ccc(-c2nnc3c(C)c(C)c(Cl)nn23)cn1. The molecule has 0 saturated heterocycles. The van der Waals surface area contributed by atoms with Crippen molar-refractivity contribution >= 4 is 17.2 Å². The van der Waals surface area contributed by atoms with Crippen LogP contribution in [0.4, 0.5) is 0 Å². The van der Waals surface area contributed by atoms with Crippen LogP contribution in [0.5, 0.6) is 0 Å². The van der Waals surface area contributed by atoms with E-state index in [9.17, 15) is 0 Å². The molecule has 0 unspecified atom stereocenters. The Morgan fingerprint density at radius 2 is 1.84 bits per heavy atom. The van der Waals surface area contributed by atoms with Crippen LogP contribution in [-0.4, -0.2) is 24.8 Å². The zero-order chi connectivity index (χ0) is 13.6. The number of pyridine rings is 1. The third-order valence-electron chi connectivity index (χ3n) is 3.21. The van der Waals surface area contributed by atoms with E-state index in [2.05, 4.69) is 20.3 Å². The average Bonchev–Trinajstić information content (AvgIpc) is 2.81. The van der Waals surface area contributed by atoms with E-state index < -0.39 is 0 Å². The lowest BCUT2D eigenvalue weighted by Gasteiger charge is -2.05. The summed E-state index contributed by atoms with van der Waals surface area (Å²) in [4.78, 5) is 4.26. The van der Waals surface area contributed by atoms with Crippen molar-refractivity contribution < 1.29 is 0 Å². The lowest BCUT2D eigenvalue weighted by atomic mass is 10.2. The first kappa shape index (κ1) is 12.0. The highest BCUT2D eigenvalue weighted by Gasteiger charge is 2.14. The van der Waals surface area contributed by atoms with Gasteiger partial charge in [0.25, 0.3) is 0 Å². The Morgan fingerprint density at radius 3 is 2.53 bits per heavy atom. The number of fused-ring (bicyclic) bond motifs is 1. The van der Waals surface area contributed by atoms with Gasteiger partial charge in [0, 0.05) is 23.0 Å². The third kappa shape index (κ3) is 1.86. The highest BCUT2D eigenvalue weighted by molar-refractivity contribution is 6.30. The maximum atomic E-state index is 6.13. The Labute approximate surface area is 115 Å². The monoisotopic (exact) mass is 273 g/mol. The van der Waals surface area contributed by atoms with Crippen LogP contribution in [0.3, 0.4) is 0 Å². The number of hydrogen-bond acceptors (Lipinski definition) is 4. The normalized spacial score (nSPS) is 11.2. The Balaban J connectivity index is 2.29. The van der Waals surface area contributed by atoms with Crippen LogP contribution in [0, 0.1) is 20.8 Å². The summed E-state index contributed by atoms with van der Waals surface area (Å²) >= 11 is 6.13. The fourth-order valence-corrected chi connectivity index (χ4v) is 2.09. The molecule has 0 spiro atoms. The van der Waals surface area contributed by atoms with Gasteiger partial charge in [-0.3, -0.25) is 4.98 Å². The molecule has 3 aromatic heterocycles. The number of rotatable bonds is 1. The summed E-state index contributed by atoms with van der Waals surface area (Å²) in [6, 6.07) is 3.88. The van der Waals surface area contributed by atoms with Crippen molar-refractivity contribution in [2.24, 2.45) is 0 Å². The quantitative estimate of drug-likeness (QED) is 0.684. The molecule has 5 nitrogen and oxygen atoms in total. The van der Waals surface area contributed by atoms with Gasteiger partial charge in [-0.25, -0.2) is 0 Å². The summed E-state index contributed by atoms with van der Waals surface area (Å²) in [5.74, 6) is 0.646. The molecule has 3 rings (SSSR count). The number of aryl methyl sites for hydroxylation is 2. The van der Waals surface area contributed by atoms with Crippen LogP contribution in [0.1, 0.15) is 16.8 Å². The summed E-state index contributed by atoms with van der Waals surface area (Å²) in [7, 11) is 0. The van der Waals surface area contributed by atoms with Gasteiger partial charge in [-0.15, -0.1) is 10.2 Å². The molecule has 0 radical (unpaired) electrons. The smallest absolute Gasteiger partial charge is 0.187 e. The first-order valence-electron chi connectivity index (χ1n) is 5.89. The van der Waals surface area contributed by atoms with Crippen molar-refractivity contribution in [3.63, 3.8) is 0 Å². The third-order valence-corrected chi connectivity index (χ3v) is 3.56. The second kappa shape index (κ2) is 4.28. The number of hydrogen-bond donors (Lipinski definition) is 0. The first-order valence-corrected chi connectivity index (χ1v) is 6.27. The highest BCUT2D eigenvalue weighted by atomic mass is 35.5. The lowest BCUT2D eigenvalue weighted by molar-refractivity contribution is 0.918. The molecule has 0 N–H and O–H groups in total. The molecule has 0 atom stereocenters. The van der Waals surface area contributed by atoms with E-state index in [1.807, 2.05) is 32.9 Å². The van der Waals surface area contributed by atoms with Crippen LogP contribution in [0.25, 0.3) is 17.0 Å². The van der Waals surface area contributed by atoms with Crippen molar-refractivity contribution in [1.82, 2.24) is 24.8 Å². The largest absolute Gasteiger partial charge is 0.261 e. The summed E-state index contributed by atoms with van der Waals surface area (Å²) in [6.07, 6.45) is 1.76. The zero-order valence-corrected chi connectivity index (χ0v) is 11.6. The average molecular weight is 274 g/mol. The van der Waals surface area contributed by atoms with Crippen molar-refractivity contribution in [3.8, 4) is 11.4 Å². The molecule has 3 heterocycles. The molecule has 19 heavy (non-hydrogen) atoms. The minimum Gasteiger partial charge on any atom is -0.261 e. The van der Waals surface area contributed by atoms with Crippen LogP contribution in [0.15, 0.2) is 18.3 Å². The Bertz CT molecular complexity index is 761. The van der Waals surface area contributed by atoms with Crippen LogP contribution < -0.4 is 0 Å². The van der Waals surface area contributed by atoms with E-state index in [1.54, 1.807) is 10.7 Å². The maximum Gasteiger partial charge on any atom is 0.187 e. The summed E-state index contributed by atoms with van der Waals surface area (Å²) < 4.78 is 1.66. The van der Waals surface area contributed by atoms with Crippen molar-refractivity contribution in [2.45, 2.75) is 20.8 Å². The van der Waals surface area contributed by atoms with E-state index in [-0.39, 0.29) is 0 Å². The Kier molecular flexibility index (Phi) is 2.71. The molecule has 0 bridgehead atoms. The second-order valence-electron chi connectivity index (χ2n) is 4.49.